The molecule has 1 heterocycles. The van der Waals surface area contributed by atoms with Crippen molar-refractivity contribution >= 4 is 45.1 Å². The molecule has 1 amide bonds. The maximum Gasteiger partial charge on any atom is 0.258 e. The molecule has 2 aromatic carbocycles. The van der Waals surface area contributed by atoms with Crippen molar-refractivity contribution in [3.63, 3.8) is 0 Å². The summed E-state index contributed by atoms with van der Waals surface area (Å²) in [6.45, 7) is 1.53. The number of carbonyl (C=O) groups is 1. The number of hydrogen-bond acceptors (Lipinski definition) is 5. The zero-order chi connectivity index (χ0) is 21.2. The van der Waals surface area contributed by atoms with E-state index in [1.165, 1.54) is 4.90 Å². The topological polar surface area (TPSA) is 105 Å². The molecule has 10 heteroatoms. The Morgan fingerprint density at radius 1 is 1.10 bits per heavy atom. The Balaban J connectivity index is 1.68. The van der Waals surface area contributed by atoms with Crippen LogP contribution in [0.25, 0.3) is 0 Å². The first-order valence-corrected chi connectivity index (χ1v) is 11.1. The number of nitrogens with one attached hydrogen (secondary N) is 1. The Labute approximate surface area is 179 Å². The summed E-state index contributed by atoms with van der Waals surface area (Å²) in [6, 6.07) is 13.6. The van der Waals surface area contributed by atoms with Crippen LogP contribution in [0.5, 0.6) is 0 Å². The van der Waals surface area contributed by atoms with Crippen molar-refractivity contribution < 1.29 is 13.2 Å². The number of nitrogens with zero attached hydrogens (tertiary/aromatic N) is 2. The van der Waals surface area contributed by atoms with Gasteiger partial charge in [0.05, 0.1) is 12.3 Å². The minimum atomic E-state index is -3.71. The number of benzene rings is 2. The first-order chi connectivity index (χ1) is 13.6. The van der Waals surface area contributed by atoms with Crippen molar-refractivity contribution in [1.29, 1.82) is 0 Å². The molecular formula is C19H20Cl2N4O3S. The fourth-order valence-corrected chi connectivity index (χ4v) is 4.64. The number of sulfonamides is 1. The van der Waals surface area contributed by atoms with Crippen LogP contribution >= 0.6 is 23.2 Å². The van der Waals surface area contributed by atoms with Crippen LogP contribution < -0.4 is 10.5 Å². The molecule has 3 N–H and O–H groups in total. The SMILES string of the molecule is CC1(CNS(=O)(=O)Cc2cccc(Cl)c2)N=C(N)N(Cc2cccc(Cl)c2)C1=O. The van der Waals surface area contributed by atoms with Gasteiger partial charge in [0.25, 0.3) is 5.91 Å². The Morgan fingerprint density at radius 2 is 1.69 bits per heavy atom. The average molecular weight is 455 g/mol. The first-order valence-electron chi connectivity index (χ1n) is 8.71. The van der Waals surface area contributed by atoms with E-state index in [2.05, 4.69) is 9.71 Å². The van der Waals surface area contributed by atoms with Crippen LogP contribution in [0.4, 0.5) is 0 Å². The van der Waals surface area contributed by atoms with E-state index in [0.29, 0.717) is 15.6 Å². The van der Waals surface area contributed by atoms with Crippen LogP contribution in [0.3, 0.4) is 0 Å². The molecular weight excluding hydrogens is 435 g/mol. The molecule has 0 fully saturated rings. The lowest BCUT2D eigenvalue weighted by Gasteiger charge is -2.22. The molecule has 0 saturated carbocycles. The molecule has 0 spiro atoms. The average Bonchev–Trinajstić information content (AvgIpc) is 2.84. The van der Waals surface area contributed by atoms with Gasteiger partial charge in [0.2, 0.25) is 10.0 Å². The maximum atomic E-state index is 12.9. The van der Waals surface area contributed by atoms with Gasteiger partial charge in [-0.2, -0.15) is 0 Å². The summed E-state index contributed by atoms with van der Waals surface area (Å²) in [5.74, 6) is -0.615. The van der Waals surface area contributed by atoms with Crippen molar-refractivity contribution in [3.8, 4) is 0 Å². The van der Waals surface area contributed by atoms with Gasteiger partial charge in [0.1, 0.15) is 0 Å². The largest absolute Gasteiger partial charge is 0.369 e. The van der Waals surface area contributed by atoms with E-state index in [0.717, 1.165) is 5.56 Å². The monoisotopic (exact) mass is 454 g/mol. The van der Waals surface area contributed by atoms with Gasteiger partial charge in [-0.3, -0.25) is 9.69 Å². The second-order valence-electron chi connectivity index (χ2n) is 6.98. The smallest absolute Gasteiger partial charge is 0.258 e. The van der Waals surface area contributed by atoms with E-state index in [1.807, 2.05) is 6.07 Å². The van der Waals surface area contributed by atoms with Crippen LogP contribution in [-0.2, 0) is 27.1 Å². The Hall–Kier alpha value is -2.13. The van der Waals surface area contributed by atoms with E-state index in [-0.39, 0.29) is 30.7 Å². The number of hydrogen-bond donors (Lipinski definition) is 2. The molecule has 7 nitrogen and oxygen atoms in total. The fourth-order valence-electron chi connectivity index (χ4n) is 2.99. The zero-order valence-electron chi connectivity index (χ0n) is 15.6. The van der Waals surface area contributed by atoms with Crippen LogP contribution in [0.2, 0.25) is 10.0 Å². The number of rotatable bonds is 7. The molecule has 0 bridgehead atoms. The van der Waals surface area contributed by atoms with E-state index < -0.39 is 15.6 Å². The number of halogens is 2. The van der Waals surface area contributed by atoms with Crippen LogP contribution in [0, 0.1) is 0 Å². The highest BCUT2D eigenvalue weighted by atomic mass is 35.5. The molecule has 1 aliphatic rings. The van der Waals surface area contributed by atoms with Crippen LogP contribution in [-0.4, -0.2) is 37.3 Å². The third kappa shape index (κ3) is 5.27. The lowest BCUT2D eigenvalue weighted by atomic mass is 10.0. The second-order valence-corrected chi connectivity index (χ2v) is 9.65. The number of aliphatic imine (C=N–C) groups is 1. The minimum Gasteiger partial charge on any atom is -0.369 e. The highest BCUT2D eigenvalue weighted by molar-refractivity contribution is 7.88. The molecule has 2 aromatic rings. The Kier molecular flexibility index (Phi) is 6.19. The fraction of sp³-hybridized carbons (Fsp3) is 0.263. The first kappa shape index (κ1) is 21.6. The van der Waals surface area contributed by atoms with E-state index >= 15 is 0 Å². The number of guanidine groups is 1. The highest BCUT2D eigenvalue weighted by Crippen LogP contribution is 2.24. The molecule has 1 atom stereocenters. The third-order valence-electron chi connectivity index (χ3n) is 4.46. The van der Waals surface area contributed by atoms with Gasteiger partial charge in [0, 0.05) is 16.6 Å². The summed E-state index contributed by atoms with van der Waals surface area (Å²) in [7, 11) is -3.71. The molecule has 29 heavy (non-hydrogen) atoms. The van der Waals surface area contributed by atoms with Crippen molar-refractivity contribution in [1.82, 2.24) is 9.62 Å². The van der Waals surface area contributed by atoms with Gasteiger partial charge < -0.3 is 5.73 Å². The zero-order valence-corrected chi connectivity index (χ0v) is 17.9. The molecule has 1 aliphatic heterocycles. The summed E-state index contributed by atoms with van der Waals surface area (Å²) in [5, 5.41) is 0.992. The highest BCUT2D eigenvalue weighted by Gasteiger charge is 2.44. The number of nitrogens with two attached hydrogens (primary N) is 1. The van der Waals surface area contributed by atoms with E-state index in [4.69, 9.17) is 28.9 Å². The standard InChI is InChI=1S/C19H20Cl2N4O3S/c1-19(12-23-29(27,28)11-14-5-3-7-16(21)9-14)17(26)25(18(22)24-19)10-13-4-2-6-15(20)8-13/h2-9,23H,10-12H2,1H3,(H2,22,24). The minimum absolute atomic E-state index is 0.0338. The molecule has 0 aliphatic carbocycles. The summed E-state index contributed by atoms with van der Waals surface area (Å²) < 4.78 is 27.3. The van der Waals surface area contributed by atoms with Crippen molar-refractivity contribution in [2.24, 2.45) is 10.7 Å². The van der Waals surface area contributed by atoms with E-state index in [9.17, 15) is 13.2 Å². The normalized spacial score (nSPS) is 19.5. The van der Waals surface area contributed by atoms with E-state index in [1.54, 1.807) is 49.4 Å². The summed E-state index contributed by atoms with van der Waals surface area (Å²) >= 11 is 11.9. The van der Waals surface area contributed by atoms with Crippen LogP contribution in [0.15, 0.2) is 53.5 Å². The van der Waals surface area contributed by atoms with Crippen molar-refractivity contribution in [2.45, 2.75) is 24.8 Å². The molecule has 154 valence electrons. The third-order valence-corrected chi connectivity index (χ3v) is 6.22. The molecule has 0 aromatic heterocycles. The van der Waals surface area contributed by atoms with Gasteiger partial charge in [-0.25, -0.2) is 18.1 Å². The van der Waals surface area contributed by atoms with Crippen molar-refractivity contribution in [3.05, 3.63) is 69.7 Å². The number of carbonyl (C=O) groups excluding carboxylic acids is 1. The van der Waals surface area contributed by atoms with Crippen LogP contribution in [0.1, 0.15) is 18.1 Å². The lowest BCUT2D eigenvalue weighted by molar-refractivity contribution is -0.130. The maximum absolute atomic E-state index is 12.9. The second kappa shape index (κ2) is 8.31. The van der Waals surface area contributed by atoms with Gasteiger partial charge >= 0.3 is 0 Å². The predicted molar refractivity (Wildman–Crippen MR) is 114 cm³/mol. The lowest BCUT2D eigenvalue weighted by Crippen LogP contribution is -2.48. The molecule has 0 radical (unpaired) electrons. The predicted octanol–water partition coefficient (Wildman–Crippen LogP) is 2.53. The van der Waals surface area contributed by atoms with Gasteiger partial charge in [-0.15, -0.1) is 0 Å². The van der Waals surface area contributed by atoms with Crippen molar-refractivity contribution in [2.75, 3.05) is 6.54 Å². The molecule has 0 saturated heterocycles. The van der Waals surface area contributed by atoms with Gasteiger partial charge in [0.15, 0.2) is 11.5 Å². The Bertz CT molecular complexity index is 1070. The molecule has 3 rings (SSSR count). The quantitative estimate of drug-likeness (QED) is 0.670. The molecule has 1 unspecified atom stereocenters. The summed E-state index contributed by atoms with van der Waals surface area (Å²) in [4.78, 5) is 18.4. The Morgan fingerprint density at radius 3 is 2.31 bits per heavy atom. The summed E-state index contributed by atoms with van der Waals surface area (Å²) in [6.07, 6.45) is 0. The summed E-state index contributed by atoms with van der Waals surface area (Å²) in [5.41, 5.74) is 5.94. The van der Waals surface area contributed by atoms with Gasteiger partial charge in [-0.05, 0) is 42.3 Å². The van der Waals surface area contributed by atoms with Gasteiger partial charge in [-0.1, -0.05) is 47.5 Å². The number of amides is 1.